The van der Waals surface area contributed by atoms with E-state index in [0.29, 0.717) is 11.9 Å². The minimum atomic E-state index is -0.935. The largest absolute Gasteiger partial charge is 0.340 e. The predicted octanol–water partition coefficient (Wildman–Crippen LogP) is 0.586. The van der Waals surface area contributed by atoms with Crippen molar-refractivity contribution < 1.29 is 19.2 Å². The minimum Gasteiger partial charge on any atom is -0.340 e. The van der Waals surface area contributed by atoms with E-state index in [2.05, 4.69) is 20.8 Å². The monoisotopic (exact) mass is 394 g/mol. The van der Waals surface area contributed by atoms with E-state index in [9.17, 15) is 28.9 Å². The summed E-state index contributed by atoms with van der Waals surface area (Å²) in [6, 6.07) is 4.83. The highest BCUT2D eigenvalue weighted by atomic mass is 16.3. The average Bonchev–Trinajstić information content (AvgIpc) is 2.71. The van der Waals surface area contributed by atoms with Crippen LogP contribution in [-0.4, -0.2) is 34.4 Å². The van der Waals surface area contributed by atoms with Gasteiger partial charge in [0.05, 0.1) is 5.52 Å². The van der Waals surface area contributed by atoms with E-state index >= 15 is 0 Å². The molecule has 2 atom stereocenters. The van der Waals surface area contributed by atoms with E-state index in [4.69, 9.17) is 0 Å². The predicted molar refractivity (Wildman–Crippen MR) is 100 cm³/mol. The lowest BCUT2D eigenvalue weighted by molar-refractivity contribution is -0.141. The van der Waals surface area contributed by atoms with Gasteiger partial charge in [-0.15, -0.1) is 4.91 Å². The van der Waals surface area contributed by atoms with Crippen molar-refractivity contribution in [2.24, 2.45) is 11.1 Å². The molecule has 10 nitrogen and oxygen atoms in total. The summed E-state index contributed by atoms with van der Waals surface area (Å²) >= 11 is 0. The summed E-state index contributed by atoms with van der Waals surface area (Å²) in [4.78, 5) is 74.1. The van der Waals surface area contributed by atoms with Crippen molar-refractivity contribution in [3.63, 3.8) is 0 Å². The van der Waals surface area contributed by atoms with Crippen LogP contribution in [0.3, 0.4) is 0 Å². The molecule has 29 heavy (non-hydrogen) atoms. The number of carbonyl (C=O) groups is 4. The van der Waals surface area contributed by atoms with Gasteiger partial charge < -0.3 is 15.6 Å². The van der Waals surface area contributed by atoms with Gasteiger partial charge in [0.25, 0.3) is 17.4 Å². The van der Waals surface area contributed by atoms with Gasteiger partial charge in [0.2, 0.25) is 11.6 Å². The maximum Gasteiger partial charge on any atom is 0.268 e. The summed E-state index contributed by atoms with van der Waals surface area (Å²) in [7, 11) is 0. The number of benzene rings is 1. The Morgan fingerprint density at radius 1 is 1.17 bits per heavy atom. The number of fused-ring (bicyclic) bond motifs is 2. The molecular formula is C19H14N4O6. The standard InChI is InChI=1S/C19H14N4O6/c24-14-5-4-8-6-13(19(28)22-15(8)16(14)25)21-18(27)10-7-9-11(20-17(10)26)2-1-3-12(9)23-29/h1-3,6-8,15H,4-5H2,(H,20,26)(H,21,27)(H,22,28). The number of hydrogen-bond donors (Lipinski definition) is 3. The summed E-state index contributed by atoms with van der Waals surface area (Å²) in [5.74, 6) is -3.19. The van der Waals surface area contributed by atoms with Crippen LogP contribution >= 0.6 is 0 Å². The number of aromatic amines is 1. The number of pyridine rings is 1. The second kappa shape index (κ2) is 6.89. The van der Waals surface area contributed by atoms with Crippen LogP contribution < -0.4 is 16.2 Å². The summed E-state index contributed by atoms with van der Waals surface area (Å²) in [5, 5.41) is 7.96. The van der Waals surface area contributed by atoms with Crippen LogP contribution in [0.1, 0.15) is 23.2 Å². The maximum atomic E-state index is 12.6. The Morgan fingerprint density at radius 3 is 2.72 bits per heavy atom. The third-order valence-electron chi connectivity index (χ3n) is 5.06. The minimum absolute atomic E-state index is 0.0515. The molecule has 2 aromatic rings. The fourth-order valence-corrected chi connectivity index (χ4v) is 3.57. The molecular weight excluding hydrogens is 380 g/mol. The van der Waals surface area contributed by atoms with E-state index in [1.807, 2.05) is 0 Å². The lowest BCUT2D eigenvalue weighted by Gasteiger charge is -2.32. The Morgan fingerprint density at radius 2 is 1.97 bits per heavy atom. The Balaban J connectivity index is 1.65. The SMILES string of the molecule is O=Nc1cccc2[nH]c(=O)c(C(=O)NC3=CC4CCC(=O)C(=O)C4NC3=O)cc12. The van der Waals surface area contributed by atoms with Crippen molar-refractivity contribution in [3.8, 4) is 0 Å². The molecule has 0 saturated heterocycles. The lowest BCUT2D eigenvalue weighted by atomic mass is 9.80. The highest BCUT2D eigenvalue weighted by Crippen LogP contribution is 2.26. The summed E-state index contributed by atoms with van der Waals surface area (Å²) in [6.45, 7) is 0. The van der Waals surface area contributed by atoms with Crippen molar-refractivity contribution >= 4 is 40.0 Å². The summed E-state index contributed by atoms with van der Waals surface area (Å²) in [6.07, 6.45) is 1.86. The fourth-order valence-electron chi connectivity index (χ4n) is 3.57. The van der Waals surface area contributed by atoms with Gasteiger partial charge in [-0.05, 0) is 35.9 Å². The number of rotatable bonds is 3. The van der Waals surface area contributed by atoms with Crippen LogP contribution in [0.5, 0.6) is 0 Å². The van der Waals surface area contributed by atoms with Crippen LogP contribution in [0.2, 0.25) is 0 Å². The molecule has 1 aliphatic carbocycles. The zero-order chi connectivity index (χ0) is 20.7. The van der Waals surface area contributed by atoms with Crippen molar-refractivity contribution in [2.75, 3.05) is 0 Å². The molecule has 2 unspecified atom stereocenters. The molecule has 4 rings (SSSR count). The maximum absolute atomic E-state index is 12.6. The molecule has 1 saturated carbocycles. The number of nitrogens with one attached hydrogen (secondary N) is 3. The molecule has 10 heteroatoms. The fraction of sp³-hybridized carbons (Fsp3) is 0.211. The second-order valence-electron chi connectivity index (χ2n) is 6.82. The quantitative estimate of drug-likeness (QED) is 0.511. The van der Waals surface area contributed by atoms with Crippen molar-refractivity contribution in [1.82, 2.24) is 15.6 Å². The van der Waals surface area contributed by atoms with Gasteiger partial charge >= 0.3 is 0 Å². The Kier molecular flexibility index (Phi) is 4.38. The molecule has 1 aromatic carbocycles. The molecule has 0 radical (unpaired) electrons. The zero-order valence-electron chi connectivity index (χ0n) is 14.9. The number of amides is 2. The number of H-pyrrole nitrogens is 1. The molecule has 1 aliphatic heterocycles. The molecule has 3 N–H and O–H groups in total. The van der Waals surface area contributed by atoms with Gasteiger partial charge in [-0.1, -0.05) is 6.07 Å². The first kappa shape index (κ1) is 18.4. The lowest BCUT2D eigenvalue weighted by Crippen LogP contribution is -2.55. The molecule has 2 amide bonds. The van der Waals surface area contributed by atoms with Gasteiger partial charge in [0.1, 0.15) is 23.0 Å². The van der Waals surface area contributed by atoms with Crippen LogP contribution in [0.4, 0.5) is 5.69 Å². The van der Waals surface area contributed by atoms with Gasteiger partial charge in [-0.25, -0.2) is 0 Å². The number of ketones is 2. The first-order chi connectivity index (χ1) is 13.9. The van der Waals surface area contributed by atoms with Crippen LogP contribution in [0.15, 0.2) is 46.0 Å². The first-order valence-corrected chi connectivity index (χ1v) is 8.79. The van der Waals surface area contributed by atoms with Crippen LogP contribution in [-0.2, 0) is 14.4 Å². The highest BCUT2D eigenvalue weighted by Gasteiger charge is 2.41. The number of aromatic nitrogens is 1. The van der Waals surface area contributed by atoms with E-state index in [0.717, 1.165) is 0 Å². The van der Waals surface area contributed by atoms with Gasteiger partial charge in [0.15, 0.2) is 0 Å². The summed E-state index contributed by atoms with van der Waals surface area (Å²) in [5.41, 5.74) is -0.729. The molecule has 0 bridgehead atoms. The van der Waals surface area contributed by atoms with Gasteiger partial charge in [-0.3, -0.25) is 24.0 Å². The Bertz CT molecular complexity index is 1190. The molecule has 146 valence electrons. The van der Waals surface area contributed by atoms with Crippen LogP contribution in [0.25, 0.3) is 10.9 Å². The summed E-state index contributed by atoms with van der Waals surface area (Å²) < 4.78 is 0. The topological polar surface area (TPSA) is 155 Å². The van der Waals surface area contributed by atoms with E-state index in [1.54, 1.807) is 12.1 Å². The van der Waals surface area contributed by atoms with Gasteiger partial charge in [-0.2, -0.15) is 0 Å². The van der Waals surface area contributed by atoms with E-state index in [-0.39, 0.29) is 28.8 Å². The molecule has 0 spiro atoms. The van der Waals surface area contributed by atoms with E-state index in [1.165, 1.54) is 18.2 Å². The normalized spacial score (nSPS) is 21.2. The Hall–Kier alpha value is -3.95. The number of Topliss-reactive ketones (excluding diaryl/α,β-unsaturated/α-hetero) is 2. The first-order valence-electron chi connectivity index (χ1n) is 8.79. The van der Waals surface area contributed by atoms with Gasteiger partial charge in [0, 0.05) is 17.7 Å². The third kappa shape index (κ3) is 3.14. The zero-order valence-corrected chi connectivity index (χ0v) is 14.9. The third-order valence-corrected chi connectivity index (χ3v) is 5.06. The highest BCUT2D eigenvalue weighted by molar-refractivity contribution is 6.40. The smallest absolute Gasteiger partial charge is 0.268 e. The molecule has 2 heterocycles. The molecule has 2 aliphatic rings. The van der Waals surface area contributed by atoms with Crippen molar-refractivity contribution in [1.29, 1.82) is 0 Å². The van der Waals surface area contributed by atoms with Crippen molar-refractivity contribution in [2.45, 2.75) is 18.9 Å². The van der Waals surface area contributed by atoms with Crippen LogP contribution in [0, 0.1) is 10.8 Å². The van der Waals surface area contributed by atoms with Crippen molar-refractivity contribution in [3.05, 3.63) is 56.9 Å². The number of nitroso groups, excluding NO2 is 1. The Labute approximate surface area is 162 Å². The molecule has 1 fully saturated rings. The number of nitrogens with zero attached hydrogens (tertiary/aromatic N) is 1. The average molecular weight is 394 g/mol. The molecule has 1 aromatic heterocycles. The number of carbonyl (C=O) groups excluding carboxylic acids is 4. The van der Waals surface area contributed by atoms with E-state index < -0.39 is 40.9 Å². The second-order valence-corrected chi connectivity index (χ2v) is 6.82. The number of hydrogen-bond acceptors (Lipinski definition) is 7.